The van der Waals surface area contributed by atoms with Crippen molar-refractivity contribution < 1.29 is 14.4 Å². The van der Waals surface area contributed by atoms with Gasteiger partial charge >= 0.3 is 0 Å². The maximum Gasteiger partial charge on any atom is 0.210 e. The van der Waals surface area contributed by atoms with E-state index in [0.717, 1.165) is 0 Å². The van der Waals surface area contributed by atoms with E-state index in [2.05, 4.69) is 0 Å². The summed E-state index contributed by atoms with van der Waals surface area (Å²) in [6.45, 7) is 0.190. The molecule has 0 rings (SSSR count). The van der Waals surface area contributed by atoms with Gasteiger partial charge in [0.15, 0.2) is 6.29 Å². The Bertz CT molecular complexity index is 156. The maximum absolute atomic E-state index is 10.8. The fourth-order valence-corrected chi connectivity index (χ4v) is 0.621. The molecule has 0 aromatic heterocycles. The Kier molecular flexibility index (Phi) is 5.20. The zero-order valence-corrected chi connectivity index (χ0v) is 6.00. The quantitative estimate of drug-likeness (QED) is 0.506. The van der Waals surface area contributed by atoms with E-state index in [-0.39, 0.29) is 25.2 Å². The van der Waals surface area contributed by atoms with Gasteiger partial charge in [-0.05, 0) is 6.54 Å². The molecule has 0 saturated heterocycles. The Balaban J connectivity index is 3.90. The number of carbonyl (C=O) groups is 1. The molecule has 0 aromatic carbocycles. The van der Waals surface area contributed by atoms with Gasteiger partial charge in [-0.15, -0.1) is 0 Å². The van der Waals surface area contributed by atoms with E-state index in [1.165, 1.54) is 12.6 Å². The van der Waals surface area contributed by atoms with Crippen LogP contribution >= 0.6 is 0 Å². The van der Waals surface area contributed by atoms with Crippen LogP contribution in [-0.2, 0) is 14.4 Å². The van der Waals surface area contributed by atoms with E-state index in [1.54, 1.807) is 0 Å². The first-order chi connectivity index (χ1) is 5.26. The number of ketones is 1. The Morgan fingerprint density at radius 1 is 1.45 bits per heavy atom. The Labute approximate surface area is 64.8 Å². The molecule has 1 atom stereocenters. The van der Waals surface area contributed by atoms with Gasteiger partial charge in [-0.2, -0.15) is 0 Å². The molecule has 4 heteroatoms. The van der Waals surface area contributed by atoms with E-state index < -0.39 is 5.92 Å². The second-order valence-electron chi connectivity index (χ2n) is 2.02. The molecule has 0 fully saturated rings. The highest BCUT2D eigenvalue weighted by Crippen LogP contribution is 2.00. The summed E-state index contributed by atoms with van der Waals surface area (Å²) in [6.07, 6.45) is 2.86. The van der Waals surface area contributed by atoms with Crippen LogP contribution < -0.4 is 5.73 Å². The fraction of sp³-hybridized carbons (Fsp3) is 0.571. The van der Waals surface area contributed by atoms with Crippen LogP contribution in [0, 0.1) is 5.92 Å². The van der Waals surface area contributed by atoms with E-state index in [0.29, 0.717) is 0 Å². The summed E-state index contributed by atoms with van der Waals surface area (Å²) < 4.78 is 0. The van der Waals surface area contributed by atoms with Crippen LogP contribution in [0.2, 0.25) is 0 Å². The minimum absolute atomic E-state index is 0.113. The van der Waals surface area contributed by atoms with Crippen LogP contribution in [-0.4, -0.2) is 24.9 Å². The highest BCUT2D eigenvalue weighted by Gasteiger charge is 2.16. The lowest BCUT2D eigenvalue weighted by molar-refractivity contribution is -0.120. The van der Waals surface area contributed by atoms with Crippen molar-refractivity contribution in [1.29, 1.82) is 0 Å². The smallest absolute Gasteiger partial charge is 0.210 e. The Morgan fingerprint density at radius 2 is 2.09 bits per heavy atom. The van der Waals surface area contributed by atoms with Crippen molar-refractivity contribution in [2.45, 2.75) is 12.8 Å². The molecule has 0 heterocycles. The van der Waals surface area contributed by atoms with Crippen molar-refractivity contribution in [3.63, 3.8) is 0 Å². The molecule has 1 unspecified atom stereocenters. The van der Waals surface area contributed by atoms with Crippen molar-refractivity contribution in [3.8, 4) is 0 Å². The Hall–Kier alpha value is -1.03. The van der Waals surface area contributed by atoms with Gasteiger partial charge in [-0.3, -0.25) is 14.4 Å². The van der Waals surface area contributed by atoms with Gasteiger partial charge in [0.2, 0.25) is 6.29 Å². The van der Waals surface area contributed by atoms with E-state index in [4.69, 9.17) is 5.73 Å². The van der Waals surface area contributed by atoms with E-state index in [9.17, 15) is 14.4 Å². The number of nitrogens with two attached hydrogens (primary N) is 1. The lowest BCUT2D eigenvalue weighted by atomic mass is 10.0. The summed E-state index contributed by atoms with van der Waals surface area (Å²) in [4.78, 5) is 30.7. The van der Waals surface area contributed by atoms with Gasteiger partial charge in [-0.1, -0.05) is 0 Å². The molecule has 0 aliphatic heterocycles. The highest BCUT2D eigenvalue weighted by molar-refractivity contribution is 5.95. The van der Waals surface area contributed by atoms with Gasteiger partial charge in [0.25, 0.3) is 0 Å². The lowest BCUT2D eigenvalue weighted by Gasteiger charge is -2.00. The molecular weight excluding hydrogens is 146 g/mol. The summed E-state index contributed by atoms with van der Waals surface area (Å²) >= 11 is 0. The highest BCUT2D eigenvalue weighted by atomic mass is 16.1. The second-order valence-corrected chi connectivity index (χ2v) is 2.02. The van der Waals surface area contributed by atoms with Crippen LogP contribution in [0.15, 0.2) is 0 Å². The first-order valence-corrected chi connectivity index (χ1v) is 3.21. The van der Waals surface area contributed by atoms with Crippen LogP contribution in [0.4, 0.5) is 0 Å². The van der Waals surface area contributed by atoms with Crippen molar-refractivity contribution in [3.05, 3.63) is 0 Å². The molecule has 2 N–H and O–H groups in total. The first kappa shape index (κ1) is 9.97. The molecule has 0 bridgehead atoms. The van der Waals surface area contributed by atoms with Crippen molar-refractivity contribution in [2.24, 2.45) is 11.7 Å². The minimum atomic E-state index is -0.962. The number of hydrogen-bond donors (Lipinski definition) is 1. The largest absolute Gasteiger partial charge is 0.330 e. The van der Waals surface area contributed by atoms with Gasteiger partial charge in [0.1, 0.15) is 5.78 Å². The summed E-state index contributed by atoms with van der Waals surface area (Å²) in [5.74, 6) is -1.30. The lowest BCUT2D eigenvalue weighted by Crippen LogP contribution is -2.19. The molecule has 60 valence electrons. The molecule has 0 aliphatic carbocycles. The molecule has 4 nitrogen and oxygen atoms in total. The minimum Gasteiger partial charge on any atom is -0.330 e. The summed E-state index contributed by atoms with van der Waals surface area (Å²) in [5.41, 5.74) is 5.07. The van der Waals surface area contributed by atoms with Crippen LogP contribution in [0.1, 0.15) is 12.8 Å². The zero-order valence-electron chi connectivity index (χ0n) is 6.00. The first-order valence-electron chi connectivity index (χ1n) is 3.21. The summed E-state index contributed by atoms with van der Waals surface area (Å²) in [5, 5.41) is 0. The van der Waals surface area contributed by atoms with Gasteiger partial charge in [0, 0.05) is 12.8 Å². The van der Waals surface area contributed by atoms with E-state index in [1.807, 2.05) is 0 Å². The number of Topliss-reactive ketones (excluding diaryl/α,β-unsaturated/α-hetero) is 1. The van der Waals surface area contributed by atoms with Crippen molar-refractivity contribution in [2.75, 3.05) is 6.54 Å². The molecule has 2 radical (unpaired) electrons. The van der Waals surface area contributed by atoms with Crippen molar-refractivity contribution >= 4 is 18.4 Å². The second kappa shape index (κ2) is 5.73. The van der Waals surface area contributed by atoms with Gasteiger partial charge < -0.3 is 5.73 Å². The summed E-state index contributed by atoms with van der Waals surface area (Å²) in [7, 11) is 0. The monoisotopic (exact) mass is 155 g/mol. The average molecular weight is 155 g/mol. The SMILES string of the molecule is NCCC(=O)C([C]=O)C[C]=O. The predicted octanol–water partition coefficient (Wildman–Crippen LogP) is -0.870. The van der Waals surface area contributed by atoms with Crippen LogP contribution in [0.3, 0.4) is 0 Å². The average Bonchev–Trinajstić information content (AvgIpc) is 2.00. The molecule has 0 spiro atoms. The molecule has 11 heavy (non-hydrogen) atoms. The molecular formula is C7H9NO3. The fourth-order valence-electron chi connectivity index (χ4n) is 0.621. The van der Waals surface area contributed by atoms with Crippen molar-refractivity contribution in [1.82, 2.24) is 0 Å². The molecule has 0 amide bonds. The number of rotatable bonds is 6. The zero-order chi connectivity index (χ0) is 8.69. The van der Waals surface area contributed by atoms with E-state index >= 15 is 0 Å². The topological polar surface area (TPSA) is 77.2 Å². The third-order valence-electron chi connectivity index (χ3n) is 1.21. The third kappa shape index (κ3) is 3.62. The molecule has 0 aromatic rings. The molecule has 0 aliphatic rings. The molecule has 0 saturated carbocycles. The standard InChI is InChI=1S/C7H9NO3/c8-3-1-7(11)6(5-10)2-4-9/h6H,1-3,8H2. The number of carbonyl (C=O) groups excluding carboxylic acids is 3. The normalized spacial score (nSPS) is 12.1. The van der Waals surface area contributed by atoms with Gasteiger partial charge in [0.05, 0.1) is 5.92 Å². The predicted molar refractivity (Wildman–Crippen MR) is 38.2 cm³/mol. The van der Waals surface area contributed by atoms with Crippen LogP contribution in [0.5, 0.6) is 0 Å². The van der Waals surface area contributed by atoms with Gasteiger partial charge in [-0.25, -0.2) is 0 Å². The summed E-state index contributed by atoms with van der Waals surface area (Å²) in [6, 6.07) is 0. The third-order valence-corrected chi connectivity index (χ3v) is 1.21. The number of hydrogen-bond acceptors (Lipinski definition) is 4. The van der Waals surface area contributed by atoms with Crippen LogP contribution in [0.25, 0.3) is 0 Å². The Morgan fingerprint density at radius 3 is 2.45 bits per heavy atom. The maximum atomic E-state index is 10.8.